The molecule has 0 aromatic carbocycles. The molecule has 0 bridgehead atoms. The first-order valence-corrected chi connectivity index (χ1v) is 8.95. The van der Waals surface area contributed by atoms with Gasteiger partial charge in [0, 0.05) is 19.0 Å². The maximum Gasteiger partial charge on any atom is 0.225 e. The average molecular weight is 322 g/mol. The van der Waals surface area contributed by atoms with E-state index in [1.54, 1.807) is 6.92 Å². The van der Waals surface area contributed by atoms with Gasteiger partial charge in [-0.25, -0.2) is 4.68 Å². The van der Waals surface area contributed by atoms with E-state index in [9.17, 15) is 9.90 Å². The lowest BCUT2D eigenvalue weighted by atomic mass is 9.95. The third-order valence-corrected chi connectivity index (χ3v) is 4.73. The van der Waals surface area contributed by atoms with E-state index in [1.807, 2.05) is 15.8 Å². The van der Waals surface area contributed by atoms with Crippen LogP contribution in [0, 0.1) is 5.92 Å². The normalized spacial score (nSPS) is 17.7. The number of carbonyl (C=O) groups is 1. The molecule has 1 fully saturated rings. The second-order valence-corrected chi connectivity index (χ2v) is 6.63. The van der Waals surface area contributed by atoms with Crippen LogP contribution in [-0.2, 0) is 4.79 Å². The summed E-state index contributed by atoms with van der Waals surface area (Å²) in [6.07, 6.45) is 7.15. The fourth-order valence-electron chi connectivity index (χ4n) is 3.36. The summed E-state index contributed by atoms with van der Waals surface area (Å²) in [5, 5.41) is 17.7. The molecular formula is C17H30N4O2. The minimum absolute atomic E-state index is 0.190. The highest BCUT2D eigenvalue weighted by atomic mass is 16.3. The highest BCUT2D eigenvalue weighted by Crippen LogP contribution is 2.25. The Bertz CT molecular complexity index is 487. The predicted octanol–water partition coefficient (Wildman–Crippen LogP) is 2.71. The molecule has 130 valence electrons. The van der Waals surface area contributed by atoms with Crippen LogP contribution in [0.4, 0.5) is 0 Å². The molecule has 6 nitrogen and oxygen atoms in total. The molecule has 0 radical (unpaired) electrons. The van der Waals surface area contributed by atoms with Crippen molar-refractivity contribution >= 4 is 5.91 Å². The van der Waals surface area contributed by atoms with Crippen molar-refractivity contribution in [2.24, 2.45) is 5.92 Å². The van der Waals surface area contributed by atoms with Gasteiger partial charge in [0.25, 0.3) is 0 Å². The molecule has 1 unspecified atom stereocenters. The van der Waals surface area contributed by atoms with Gasteiger partial charge in [0.15, 0.2) is 0 Å². The zero-order valence-electron chi connectivity index (χ0n) is 14.6. The van der Waals surface area contributed by atoms with Crippen molar-refractivity contribution in [3.05, 3.63) is 11.9 Å². The van der Waals surface area contributed by atoms with Crippen LogP contribution in [0.1, 0.15) is 77.1 Å². The maximum atomic E-state index is 12.7. The van der Waals surface area contributed by atoms with Crippen molar-refractivity contribution in [1.82, 2.24) is 19.9 Å². The molecule has 1 atom stereocenters. The largest absolute Gasteiger partial charge is 0.387 e. The van der Waals surface area contributed by atoms with Crippen LogP contribution in [0.25, 0.3) is 0 Å². The summed E-state index contributed by atoms with van der Waals surface area (Å²) < 4.78 is 1.85. The monoisotopic (exact) mass is 322 g/mol. The summed E-state index contributed by atoms with van der Waals surface area (Å²) in [6, 6.07) is 0.273. The van der Waals surface area contributed by atoms with Crippen molar-refractivity contribution in [2.75, 3.05) is 13.1 Å². The number of aromatic nitrogens is 3. The van der Waals surface area contributed by atoms with E-state index in [2.05, 4.69) is 24.2 Å². The molecule has 6 heteroatoms. The van der Waals surface area contributed by atoms with Gasteiger partial charge in [-0.3, -0.25) is 4.79 Å². The Balaban J connectivity index is 1.90. The van der Waals surface area contributed by atoms with E-state index in [0.717, 1.165) is 51.6 Å². The Morgan fingerprint density at radius 3 is 2.39 bits per heavy atom. The molecule has 1 N–H and O–H groups in total. The predicted molar refractivity (Wildman–Crippen MR) is 88.8 cm³/mol. The van der Waals surface area contributed by atoms with Gasteiger partial charge in [0.1, 0.15) is 5.69 Å². The number of nitrogens with zero attached hydrogens (tertiary/aromatic N) is 4. The van der Waals surface area contributed by atoms with Gasteiger partial charge >= 0.3 is 0 Å². The first kappa shape index (κ1) is 17.9. The molecule has 1 aliphatic rings. The summed E-state index contributed by atoms with van der Waals surface area (Å²) in [4.78, 5) is 14.7. The number of carbonyl (C=O) groups excluding carboxylic acids is 1. The summed E-state index contributed by atoms with van der Waals surface area (Å²) in [7, 11) is 0. The Labute approximate surface area is 138 Å². The van der Waals surface area contributed by atoms with E-state index in [4.69, 9.17) is 0 Å². The van der Waals surface area contributed by atoms with E-state index in [-0.39, 0.29) is 12.0 Å². The zero-order chi connectivity index (χ0) is 16.8. The van der Waals surface area contributed by atoms with E-state index in [1.165, 1.54) is 0 Å². The summed E-state index contributed by atoms with van der Waals surface area (Å²) in [6.45, 7) is 7.56. The smallest absolute Gasteiger partial charge is 0.225 e. The number of hydrogen-bond donors (Lipinski definition) is 1. The average Bonchev–Trinajstić information content (AvgIpc) is 3.04. The molecule has 2 heterocycles. The van der Waals surface area contributed by atoms with Gasteiger partial charge in [-0.2, -0.15) is 0 Å². The van der Waals surface area contributed by atoms with Gasteiger partial charge in [-0.1, -0.05) is 31.9 Å². The summed E-state index contributed by atoms with van der Waals surface area (Å²) in [5.41, 5.74) is 0.606. The quantitative estimate of drug-likeness (QED) is 0.838. The van der Waals surface area contributed by atoms with Crippen LogP contribution in [0.3, 0.4) is 0 Å². The topological polar surface area (TPSA) is 71.2 Å². The van der Waals surface area contributed by atoms with Crippen LogP contribution in [0.5, 0.6) is 0 Å². The first-order chi connectivity index (χ1) is 11.1. The fraction of sp³-hybridized carbons (Fsp3) is 0.824. The summed E-state index contributed by atoms with van der Waals surface area (Å²) in [5.74, 6) is 0.519. The highest BCUT2D eigenvalue weighted by molar-refractivity contribution is 5.78. The minimum Gasteiger partial charge on any atom is -0.387 e. The molecule has 0 saturated carbocycles. The molecule has 2 rings (SSSR count). The van der Waals surface area contributed by atoms with Crippen molar-refractivity contribution in [3.8, 4) is 0 Å². The number of likely N-dealkylation sites (tertiary alicyclic amines) is 1. The first-order valence-electron chi connectivity index (χ1n) is 8.95. The van der Waals surface area contributed by atoms with Crippen LogP contribution < -0.4 is 0 Å². The lowest BCUT2D eigenvalue weighted by Crippen LogP contribution is -2.42. The van der Waals surface area contributed by atoms with Crippen LogP contribution in [0.15, 0.2) is 6.20 Å². The molecule has 0 aliphatic carbocycles. The van der Waals surface area contributed by atoms with Gasteiger partial charge in [0.2, 0.25) is 5.91 Å². The van der Waals surface area contributed by atoms with E-state index >= 15 is 0 Å². The molecule has 0 spiro atoms. The summed E-state index contributed by atoms with van der Waals surface area (Å²) >= 11 is 0. The van der Waals surface area contributed by atoms with Crippen molar-refractivity contribution in [3.63, 3.8) is 0 Å². The second-order valence-electron chi connectivity index (χ2n) is 6.63. The zero-order valence-corrected chi connectivity index (χ0v) is 14.6. The van der Waals surface area contributed by atoms with E-state index in [0.29, 0.717) is 11.6 Å². The molecule has 1 amide bonds. The molecule has 1 aromatic rings. The Morgan fingerprint density at radius 1 is 1.30 bits per heavy atom. The van der Waals surface area contributed by atoms with Gasteiger partial charge in [-0.15, -0.1) is 5.10 Å². The number of aliphatic hydroxyl groups excluding tert-OH is 1. The molecule has 1 aliphatic heterocycles. The van der Waals surface area contributed by atoms with Crippen LogP contribution in [0.2, 0.25) is 0 Å². The van der Waals surface area contributed by atoms with Gasteiger partial charge in [-0.05, 0) is 32.6 Å². The van der Waals surface area contributed by atoms with Gasteiger partial charge in [0.05, 0.1) is 18.3 Å². The molecule has 1 aromatic heterocycles. The van der Waals surface area contributed by atoms with Gasteiger partial charge < -0.3 is 10.0 Å². The number of amides is 1. The lowest BCUT2D eigenvalue weighted by Gasteiger charge is -2.34. The fourth-order valence-corrected chi connectivity index (χ4v) is 3.36. The number of piperidine rings is 1. The lowest BCUT2D eigenvalue weighted by molar-refractivity contribution is -0.137. The third kappa shape index (κ3) is 4.53. The third-order valence-electron chi connectivity index (χ3n) is 4.73. The standard InChI is InChI=1S/C17H30N4O2/c1-4-6-14(7-5-2)17(23)20-10-8-15(9-11-20)21-12-16(13(3)22)18-19-21/h12-15,22H,4-11H2,1-3H3. The number of hydrogen-bond acceptors (Lipinski definition) is 4. The highest BCUT2D eigenvalue weighted by Gasteiger charge is 2.28. The number of aliphatic hydroxyl groups is 1. The molecular weight excluding hydrogens is 292 g/mol. The Morgan fingerprint density at radius 2 is 1.91 bits per heavy atom. The SMILES string of the molecule is CCCC(CCC)C(=O)N1CCC(n2cc(C(C)O)nn2)CC1. The van der Waals surface area contributed by atoms with Crippen LogP contribution >= 0.6 is 0 Å². The second kappa shape index (κ2) is 8.43. The van der Waals surface area contributed by atoms with Crippen molar-refractivity contribution in [1.29, 1.82) is 0 Å². The Kier molecular flexibility index (Phi) is 6.57. The number of rotatable bonds is 7. The molecule has 23 heavy (non-hydrogen) atoms. The van der Waals surface area contributed by atoms with Crippen molar-refractivity contribution < 1.29 is 9.90 Å². The Hall–Kier alpha value is -1.43. The van der Waals surface area contributed by atoms with E-state index < -0.39 is 6.10 Å². The van der Waals surface area contributed by atoms with Crippen LogP contribution in [-0.4, -0.2) is 44.0 Å². The maximum absolute atomic E-state index is 12.7. The molecule has 1 saturated heterocycles. The van der Waals surface area contributed by atoms with Crippen molar-refractivity contribution in [2.45, 2.75) is 71.4 Å². The minimum atomic E-state index is -0.589.